The summed E-state index contributed by atoms with van der Waals surface area (Å²) in [6, 6.07) is 6.33. The molecule has 0 heterocycles. The summed E-state index contributed by atoms with van der Waals surface area (Å²) in [4.78, 5) is 33.3. The first kappa shape index (κ1) is 15.9. The van der Waals surface area contributed by atoms with Crippen LogP contribution in [0.2, 0.25) is 5.02 Å². The fourth-order valence-electron chi connectivity index (χ4n) is 1.98. The molecule has 0 saturated carbocycles. The molecule has 1 unspecified atom stereocenters. The minimum atomic E-state index is -1.39. The minimum absolute atomic E-state index is 0.109. The monoisotopic (exact) mass is 292 g/mol. The zero-order valence-corrected chi connectivity index (χ0v) is 11.8. The molecule has 1 aromatic carbocycles. The molecule has 0 aliphatic heterocycles. The number of carbonyl (C=O) groups is 1. The Hall–Kier alpha value is -2.12. The van der Waals surface area contributed by atoms with Crippen molar-refractivity contribution in [3.8, 4) is 0 Å². The van der Waals surface area contributed by atoms with E-state index in [-0.39, 0.29) is 11.5 Å². The highest BCUT2D eigenvalue weighted by Gasteiger charge is 2.30. The highest BCUT2D eigenvalue weighted by molar-refractivity contribution is 6.30. The third-order valence-electron chi connectivity index (χ3n) is 2.89. The van der Waals surface area contributed by atoms with Crippen molar-refractivity contribution >= 4 is 35.0 Å². The van der Waals surface area contributed by atoms with E-state index in [1.807, 2.05) is 0 Å². The first-order chi connectivity index (χ1) is 9.42. The van der Waals surface area contributed by atoms with Crippen LogP contribution in [0, 0.1) is 11.8 Å². The molecular formula is C15H13ClO4. The second-order valence-electron chi connectivity index (χ2n) is 4.57. The topological polar surface area (TPSA) is 71.4 Å². The van der Waals surface area contributed by atoms with Crippen LogP contribution in [-0.4, -0.2) is 23.0 Å². The van der Waals surface area contributed by atoms with Gasteiger partial charge in [0.15, 0.2) is 0 Å². The summed E-state index contributed by atoms with van der Waals surface area (Å²) < 4.78 is 0. The Morgan fingerprint density at radius 1 is 1.15 bits per heavy atom. The van der Waals surface area contributed by atoms with Crippen LogP contribution >= 0.6 is 11.6 Å². The van der Waals surface area contributed by atoms with E-state index in [0.717, 1.165) is 0 Å². The lowest BCUT2D eigenvalue weighted by Crippen LogP contribution is -2.20. The average Bonchev–Trinajstić information content (AvgIpc) is 2.40. The van der Waals surface area contributed by atoms with E-state index in [1.54, 1.807) is 44.1 Å². The van der Waals surface area contributed by atoms with Gasteiger partial charge in [-0.25, -0.2) is 14.4 Å². The van der Waals surface area contributed by atoms with Gasteiger partial charge in [-0.3, -0.25) is 0 Å². The summed E-state index contributed by atoms with van der Waals surface area (Å²) in [6.45, 7) is 3.44. The van der Waals surface area contributed by atoms with Gasteiger partial charge in [0.2, 0.25) is 0 Å². The van der Waals surface area contributed by atoms with E-state index >= 15 is 0 Å². The Morgan fingerprint density at radius 3 is 2.05 bits per heavy atom. The molecule has 5 heteroatoms. The van der Waals surface area contributed by atoms with E-state index in [0.29, 0.717) is 10.6 Å². The van der Waals surface area contributed by atoms with Crippen LogP contribution in [0.3, 0.4) is 0 Å². The zero-order chi connectivity index (χ0) is 15.3. The summed E-state index contributed by atoms with van der Waals surface area (Å²) in [6.07, 6.45) is 0. The van der Waals surface area contributed by atoms with E-state index < -0.39 is 17.5 Å². The molecule has 1 rings (SSSR count). The quantitative estimate of drug-likeness (QED) is 0.669. The van der Waals surface area contributed by atoms with Crippen molar-refractivity contribution in [2.24, 2.45) is 11.8 Å². The summed E-state index contributed by atoms with van der Waals surface area (Å²) in [7, 11) is 0. The van der Waals surface area contributed by atoms with E-state index in [1.165, 1.54) is 5.94 Å². The van der Waals surface area contributed by atoms with Crippen LogP contribution in [0.5, 0.6) is 0 Å². The van der Waals surface area contributed by atoms with E-state index in [9.17, 15) is 14.4 Å². The lowest BCUT2D eigenvalue weighted by molar-refractivity contribution is -0.133. The molecule has 1 atom stereocenters. The number of halogens is 1. The summed E-state index contributed by atoms with van der Waals surface area (Å²) in [5, 5.41) is 9.55. The predicted molar refractivity (Wildman–Crippen MR) is 75.7 cm³/mol. The molecule has 0 bridgehead atoms. The maximum atomic E-state index is 11.2. The fourth-order valence-corrected chi connectivity index (χ4v) is 2.11. The first-order valence-electron chi connectivity index (χ1n) is 5.91. The molecule has 20 heavy (non-hydrogen) atoms. The third kappa shape index (κ3) is 3.46. The number of aliphatic carboxylic acids is 1. The van der Waals surface area contributed by atoms with Gasteiger partial charge in [0.25, 0.3) is 0 Å². The van der Waals surface area contributed by atoms with Crippen molar-refractivity contribution in [2.75, 3.05) is 0 Å². The van der Waals surface area contributed by atoms with Crippen LogP contribution in [0.1, 0.15) is 19.4 Å². The number of rotatable bonds is 5. The van der Waals surface area contributed by atoms with Gasteiger partial charge in [-0.05, 0) is 23.6 Å². The van der Waals surface area contributed by atoms with Crippen LogP contribution in [0.25, 0.3) is 5.57 Å². The number of benzene rings is 1. The molecule has 0 fully saturated rings. The average molecular weight is 293 g/mol. The molecule has 0 radical (unpaired) electrons. The number of allylic oxidation sites excluding steroid dienone is 1. The van der Waals surface area contributed by atoms with E-state index in [4.69, 9.17) is 16.7 Å². The molecule has 0 aliphatic carbocycles. The van der Waals surface area contributed by atoms with Crippen LogP contribution < -0.4 is 0 Å². The Balaban J connectivity index is 3.39. The predicted octanol–water partition coefficient (Wildman–Crippen LogP) is 2.67. The van der Waals surface area contributed by atoms with Crippen LogP contribution in [0.15, 0.2) is 29.8 Å². The molecule has 4 nitrogen and oxygen atoms in total. The van der Waals surface area contributed by atoms with Crippen molar-refractivity contribution in [1.29, 1.82) is 0 Å². The molecule has 104 valence electrons. The molecule has 0 saturated heterocycles. The summed E-state index contributed by atoms with van der Waals surface area (Å²) in [5.41, 5.74) is 0.114. The van der Waals surface area contributed by atoms with Gasteiger partial charge < -0.3 is 5.11 Å². The van der Waals surface area contributed by atoms with Gasteiger partial charge >= 0.3 is 5.97 Å². The van der Waals surface area contributed by atoms with Crippen LogP contribution in [0.4, 0.5) is 0 Å². The third-order valence-corrected chi connectivity index (χ3v) is 3.15. The fraction of sp³-hybridized carbons (Fsp3) is 0.267. The molecule has 1 N–H and O–H groups in total. The van der Waals surface area contributed by atoms with Gasteiger partial charge in [-0.15, -0.1) is 0 Å². The lowest BCUT2D eigenvalue weighted by Gasteiger charge is -2.20. The lowest BCUT2D eigenvalue weighted by atomic mass is 9.80. The van der Waals surface area contributed by atoms with Gasteiger partial charge in [0.05, 0.1) is 5.57 Å². The SMILES string of the molecule is CC(C)C(C(=C=O)C(=O)O)C(=C=O)c1ccc(Cl)cc1. The number of carbonyl (C=O) groups excluding carboxylic acids is 2. The maximum Gasteiger partial charge on any atom is 0.343 e. The van der Waals surface area contributed by atoms with Crippen molar-refractivity contribution in [3.05, 3.63) is 40.4 Å². The maximum absolute atomic E-state index is 11.2. The summed E-state index contributed by atoms with van der Waals surface area (Å²) >= 11 is 5.77. The number of carboxylic acids is 1. The van der Waals surface area contributed by atoms with Gasteiger partial charge in [-0.2, -0.15) is 0 Å². The van der Waals surface area contributed by atoms with Crippen molar-refractivity contribution in [1.82, 2.24) is 0 Å². The van der Waals surface area contributed by atoms with Crippen molar-refractivity contribution in [3.63, 3.8) is 0 Å². The van der Waals surface area contributed by atoms with Crippen molar-refractivity contribution in [2.45, 2.75) is 13.8 Å². The highest BCUT2D eigenvalue weighted by atomic mass is 35.5. The second-order valence-corrected chi connectivity index (χ2v) is 5.00. The first-order valence-corrected chi connectivity index (χ1v) is 6.29. The summed E-state index contributed by atoms with van der Waals surface area (Å²) in [5.74, 6) is 0.641. The van der Waals surface area contributed by atoms with Gasteiger partial charge in [0.1, 0.15) is 17.5 Å². The van der Waals surface area contributed by atoms with E-state index in [2.05, 4.69) is 0 Å². The number of hydrogen-bond acceptors (Lipinski definition) is 3. The number of carboxylic acid groups (broad SMARTS) is 1. The van der Waals surface area contributed by atoms with Gasteiger partial charge in [-0.1, -0.05) is 37.6 Å². The Kier molecular flexibility index (Phi) is 5.48. The number of hydrogen-bond donors (Lipinski definition) is 1. The molecule has 1 aromatic rings. The minimum Gasteiger partial charge on any atom is -0.477 e. The molecule has 0 aliphatic rings. The largest absolute Gasteiger partial charge is 0.477 e. The molecule has 0 amide bonds. The Labute approximate surface area is 121 Å². The van der Waals surface area contributed by atoms with Gasteiger partial charge in [0, 0.05) is 10.9 Å². The van der Waals surface area contributed by atoms with Crippen molar-refractivity contribution < 1.29 is 19.5 Å². The molecule has 0 aromatic heterocycles. The Bertz CT molecular complexity index is 603. The zero-order valence-electron chi connectivity index (χ0n) is 11.0. The van der Waals surface area contributed by atoms with Crippen LogP contribution in [-0.2, 0) is 14.4 Å². The Morgan fingerprint density at radius 2 is 1.70 bits per heavy atom. The smallest absolute Gasteiger partial charge is 0.343 e. The normalized spacial score (nSPS) is 11.4. The highest BCUT2D eigenvalue weighted by Crippen LogP contribution is 2.32. The molecular weight excluding hydrogens is 280 g/mol. The second kappa shape index (κ2) is 6.88. The molecule has 0 spiro atoms. The standard InChI is InChI=1S/C15H13ClO4/c1-9(2)14(13(8-18)15(19)20)12(7-17)10-3-5-11(16)6-4-10/h3-6,9,14H,1-2H3,(H,19,20).